The van der Waals surface area contributed by atoms with E-state index in [1.165, 1.54) is 9.75 Å². The molecule has 0 atom stereocenters. The summed E-state index contributed by atoms with van der Waals surface area (Å²) in [7, 11) is 1.93. The molecule has 1 aromatic carbocycles. The fraction of sp³-hybridized carbons (Fsp3) is 0.286. The van der Waals surface area contributed by atoms with Gasteiger partial charge in [-0.2, -0.15) is 0 Å². The maximum atomic E-state index is 6.09. The highest BCUT2D eigenvalue weighted by molar-refractivity contribution is 7.12. The Balaban J connectivity index is 2.10. The first-order valence-corrected chi connectivity index (χ1v) is 7.96. The third kappa shape index (κ3) is 3.80. The lowest BCUT2D eigenvalue weighted by atomic mass is 10.2. The van der Waals surface area contributed by atoms with Crippen LogP contribution in [-0.2, 0) is 13.2 Å². The van der Waals surface area contributed by atoms with Crippen LogP contribution in [0.25, 0.3) is 0 Å². The molecule has 2 nitrogen and oxygen atoms in total. The van der Waals surface area contributed by atoms with E-state index in [1.54, 1.807) is 23.5 Å². The maximum absolute atomic E-state index is 6.09. The lowest BCUT2D eigenvalue weighted by molar-refractivity contribution is 0.306. The molecule has 0 bridgehead atoms. The highest BCUT2D eigenvalue weighted by Crippen LogP contribution is 2.34. The van der Waals surface area contributed by atoms with Crippen molar-refractivity contribution in [1.29, 1.82) is 0 Å². The smallest absolute Gasteiger partial charge is 0.139 e. The zero-order valence-electron chi connectivity index (χ0n) is 11.1. The molecule has 1 aromatic heterocycles. The number of rotatable bonds is 5. The van der Waals surface area contributed by atoms with Crippen LogP contribution in [0, 0.1) is 6.92 Å². The van der Waals surface area contributed by atoms with Gasteiger partial charge in [-0.15, -0.1) is 11.3 Å². The van der Waals surface area contributed by atoms with E-state index in [2.05, 4.69) is 18.3 Å². The summed E-state index contributed by atoms with van der Waals surface area (Å²) in [6, 6.07) is 5.37. The first kappa shape index (κ1) is 15.9. The van der Waals surface area contributed by atoms with Crippen LogP contribution in [0.1, 0.15) is 15.3 Å². The monoisotopic (exact) mass is 349 g/mol. The van der Waals surface area contributed by atoms with E-state index in [9.17, 15) is 0 Å². The minimum absolute atomic E-state index is 0.423. The molecule has 1 heterocycles. The van der Waals surface area contributed by atoms with Crippen molar-refractivity contribution in [1.82, 2.24) is 5.32 Å². The van der Waals surface area contributed by atoms with Crippen LogP contribution in [0.5, 0.6) is 5.75 Å². The second-order valence-electron chi connectivity index (χ2n) is 4.31. The number of hydrogen-bond acceptors (Lipinski definition) is 3. The molecule has 2 aromatic rings. The van der Waals surface area contributed by atoms with E-state index in [0.717, 1.165) is 12.1 Å². The van der Waals surface area contributed by atoms with Gasteiger partial charge in [0.2, 0.25) is 0 Å². The largest absolute Gasteiger partial charge is 0.487 e. The molecule has 20 heavy (non-hydrogen) atoms. The Bertz CT molecular complexity index is 613. The van der Waals surface area contributed by atoms with Crippen molar-refractivity contribution in [2.75, 3.05) is 7.05 Å². The van der Waals surface area contributed by atoms with Gasteiger partial charge in [-0.25, -0.2) is 0 Å². The molecule has 0 unspecified atom stereocenters. The van der Waals surface area contributed by atoms with Gasteiger partial charge in [-0.1, -0.05) is 34.8 Å². The highest BCUT2D eigenvalue weighted by atomic mass is 35.5. The Kier molecular flexibility index (Phi) is 5.58. The van der Waals surface area contributed by atoms with E-state index < -0.39 is 0 Å². The van der Waals surface area contributed by atoms with E-state index >= 15 is 0 Å². The molecular formula is C14H14Cl3NOS. The predicted molar refractivity (Wildman–Crippen MR) is 87.6 cm³/mol. The molecule has 0 spiro atoms. The van der Waals surface area contributed by atoms with Gasteiger partial charge in [0, 0.05) is 27.9 Å². The van der Waals surface area contributed by atoms with Crippen LogP contribution in [0.4, 0.5) is 0 Å². The van der Waals surface area contributed by atoms with Crippen LogP contribution in [0.2, 0.25) is 15.1 Å². The number of aryl methyl sites for hydroxylation is 1. The SMILES string of the molecule is CNCc1cc(COc2cc(Cl)c(Cl)cc2Cl)c(C)s1. The third-order valence-corrected chi connectivity index (χ3v) is 4.89. The Morgan fingerprint density at radius 3 is 2.50 bits per heavy atom. The molecule has 0 aliphatic carbocycles. The molecule has 6 heteroatoms. The molecule has 0 saturated heterocycles. The summed E-state index contributed by atoms with van der Waals surface area (Å²) >= 11 is 19.7. The van der Waals surface area contributed by atoms with Crippen LogP contribution in [-0.4, -0.2) is 7.05 Å². The molecule has 0 radical (unpaired) electrons. The van der Waals surface area contributed by atoms with Gasteiger partial charge < -0.3 is 10.1 Å². The first-order chi connectivity index (χ1) is 9.51. The van der Waals surface area contributed by atoms with Crippen molar-refractivity contribution in [3.63, 3.8) is 0 Å². The van der Waals surface area contributed by atoms with E-state index in [4.69, 9.17) is 39.5 Å². The molecular weight excluding hydrogens is 337 g/mol. The summed E-state index contributed by atoms with van der Waals surface area (Å²) < 4.78 is 5.74. The molecule has 0 fully saturated rings. The Morgan fingerprint density at radius 2 is 1.80 bits per heavy atom. The zero-order chi connectivity index (χ0) is 14.7. The van der Waals surface area contributed by atoms with Crippen LogP contribution in [0.3, 0.4) is 0 Å². The van der Waals surface area contributed by atoms with Gasteiger partial charge in [0.15, 0.2) is 0 Å². The van der Waals surface area contributed by atoms with Gasteiger partial charge in [0.25, 0.3) is 0 Å². The molecule has 0 saturated carbocycles. The van der Waals surface area contributed by atoms with Crippen molar-refractivity contribution >= 4 is 46.1 Å². The number of thiophene rings is 1. The molecule has 1 N–H and O–H groups in total. The summed E-state index contributed by atoms with van der Waals surface area (Å²) in [5.74, 6) is 0.543. The van der Waals surface area contributed by atoms with Crippen molar-refractivity contribution in [2.24, 2.45) is 0 Å². The summed E-state index contributed by atoms with van der Waals surface area (Å²) in [4.78, 5) is 2.52. The van der Waals surface area contributed by atoms with Crippen molar-refractivity contribution in [3.8, 4) is 5.75 Å². The second-order valence-corrected chi connectivity index (χ2v) is 6.87. The average Bonchev–Trinajstić information content (AvgIpc) is 2.73. The summed E-state index contributed by atoms with van der Waals surface area (Å²) in [5.41, 5.74) is 1.15. The average molecular weight is 351 g/mol. The minimum Gasteiger partial charge on any atom is -0.487 e. The Labute approximate surface area is 137 Å². The fourth-order valence-electron chi connectivity index (χ4n) is 1.76. The molecule has 0 amide bonds. The molecule has 108 valence electrons. The number of ether oxygens (including phenoxy) is 1. The van der Waals surface area contributed by atoms with Gasteiger partial charge in [0.1, 0.15) is 12.4 Å². The second kappa shape index (κ2) is 7.01. The predicted octanol–water partition coefficient (Wildman–Crippen LogP) is 5.32. The molecule has 0 aliphatic rings. The standard InChI is InChI=1S/C14H14Cl3NOS/c1-8-9(3-10(20-8)6-18-2)7-19-14-5-12(16)11(15)4-13(14)17/h3-5,18H,6-7H2,1-2H3. The lowest BCUT2D eigenvalue weighted by Crippen LogP contribution is -2.02. The summed E-state index contributed by atoms with van der Waals surface area (Å²) in [5, 5.41) is 4.46. The van der Waals surface area contributed by atoms with Crippen molar-refractivity contribution in [2.45, 2.75) is 20.1 Å². The zero-order valence-corrected chi connectivity index (χ0v) is 14.2. The van der Waals surface area contributed by atoms with Crippen LogP contribution >= 0.6 is 46.1 Å². The van der Waals surface area contributed by atoms with Crippen molar-refractivity contribution in [3.05, 3.63) is 48.6 Å². The van der Waals surface area contributed by atoms with Crippen LogP contribution in [0.15, 0.2) is 18.2 Å². The van der Waals surface area contributed by atoms with Gasteiger partial charge in [0.05, 0.1) is 15.1 Å². The number of hydrogen-bond donors (Lipinski definition) is 1. The summed E-state index contributed by atoms with van der Waals surface area (Å²) in [6.45, 7) is 3.40. The Morgan fingerprint density at radius 1 is 1.10 bits per heavy atom. The molecule has 2 rings (SSSR count). The van der Waals surface area contributed by atoms with Gasteiger partial charge in [-0.05, 0) is 26.1 Å². The number of benzene rings is 1. The van der Waals surface area contributed by atoms with Crippen molar-refractivity contribution < 1.29 is 4.74 Å². The maximum Gasteiger partial charge on any atom is 0.139 e. The minimum atomic E-state index is 0.423. The van der Waals surface area contributed by atoms with E-state index in [1.807, 2.05) is 7.05 Å². The fourth-order valence-corrected chi connectivity index (χ4v) is 3.41. The third-order valence-electron chi connectivity index (χ3n) is 2.78. The summed E-state index contributed by atoms with van der Waals surface area (Å²) in [6.07, 6.45) is 0. The quantitative estimate of drug-likeness (QED) is 0.737. The normalized spacial score (nSPS) is 10.8. The highest BCUT2D eigenvalue weighted by Gasteiger charge is 2.10. The molecule has 0 aliphatic heterocycles. The first-order valence-electron chi connectivity index (χ1n) is 6.01. The Hall–Kier alpha value is -0.450. The van der Waals surface area contributed by atoms with Crippen LogP contribution < -0.4 is 10.1 Å². The van der Waals surface area contributed by atoms with E-state index in [-0.39, 0.29) is 0 Å². The van der Waals surface area contributed by atoms with E-state index in [0.29, 0.717) is 27.4 Å². The topological polar surface area (TPSA) is 21.3 Å². The van der Waals surface area contributed by atoms with Gasteiger partial charge >= 0.3 is 0 Å². The number of nitrogens with one attached hydrogen (secondary N) is 1. The van der Waals surface area contributed by atoms with Gasteiger partial charge in [-0.3, -0.25) is 0 Å². The lowest BCUT2D eigenvalue weighted by Gasteiger charge is -2.09. The number of halogens is 3.